The first-order valence-electron chi connectivity index (χ1n) is 9.54. The molecule has 0 N–H and O–H groups in total. The second-order valence-corrected chi connectivity index (χ2v) is 8.89. The van der Waals surface area contributed by atoms with Crippen LogP contribution in [0.2, 0.25) is 0 Å². The lowest BCUT2D eigenvalue weighted by Gasteiger charge is -2.08. The molecule has 0 unspecified atom stereocenters. The van der Waals surface area contributed by atoms with Gasteiger partial charge in [0.25, 0.3) is 0 Å². The molecule has 0 aliphatic carbocycles. The number of nitrogens with zero attached hydrogens (tertiary/aromatic N) is 1. The zero-order valence-electron chi connectivity index (χ0n) is 16.7. The summed E-state index contributed by atoms with van der Waals surface area (Å²) < 4.78 is 12.6. The van der Waals surface area contributed by atoms with Crippen LogP contribution in [0, 0.1) is 0 Å². The molecule has 4 rings (SSSR count). The number of Topliss-reactive ketones (excluding diaryl/α,β-unsaturated/α-hetero) is 1. The quantitative estimate of drug-likeness (QED) is 0.197. The fourth-order valence-electron chi connectivity index (χ4n) is 2.96. The molecule has 0 atom stereocenters. The van der Waals surface area contributed by atoms with Gasteiger partial charge >= 0.3 is 5.97 Å². The Bertz CT molecular complexity index is 1180. The van der Waals surface area contributed by atoms with Crippen LogP contribution in [-0.2, 0) is 10.5 Å². The first-order chi connectivity index (χ1) is 15.1. The number of rotatable bonds is 8. The van der Waals surface area contributed by atoms with Crippen molar-refractivity contribution in [1.82, 2.24) is 4.98 Å². The third kappa shape index (κ3) is 5.13. The van der Waals surface area contributed by atoms with Crippen LogP contribution in [0.25, 0.3) is 10.2 Å². The molecule has 0 amide bonds. The van der Waals surface area contributed by atoms with Gasteiger partial charge < -0.3 is 9.47 Å². The number of ketones is 1. The molecule has 7 heteroatoms. The van der Waals surface area contributed by atoms with Gasteiger partial charge in [-0.15, -0.1) is 11.3 Å². The van der Waals surface area contributed by atoms with Crippen LogP contribution < -0.4 is 4.74 Å². The Hall–Kier alpha value is -3.16. The van der Waals surface area contributed by atoms with Crippen LogP contribution in [0.1, 0.15) is 26.3 Å². The largest absolute Gasteiger partial charge is 0.496 e. The summed E-state index contributed by atoms with van der Waals surface area (Å²) in [4.78, 5) is 29.3. The minimum Gasteiger partial charge on any atom is -0.496 e. The van der Waals surface area contributed by atoms with Crippen molar-refractivity contribution in [2.24, 2.45) is 0 Å². The van der Waals surface area contributed by atoms with E-state index < -0.39 is 5.97 Å². The molecule has 0 bridgehead atoms. The highest BCUT2D eigenvalue weighted by atomic mass is 32.2. The molecule has 0 saturated heterocycles. The Labute approximate surface area is 188 Å². The number of aromatic nitrogens is 1. The highest BCUT2D eigenvalue weighted by Gasteiger charge is 2.15. The molecule has 31 heavy (non-hydrogen) atoms. The van der Waals surface area contributed by atoms with Gasteiger partial charge in [0.2, 0.25) is 5.78 Å². The maximum atomic E-state index is 12.3. The highest BCUT2D eigenvalue weighted by molar-refractivity contribution is 8.00. The van der Waals surface area contributed by atoms with Crippen molar-refractivity contribution in [1.29, 1.82) is 0 Å². The van der Waals surface area contributed by atoms with Crippen molar-refractivity contribution in [3.63, 3.8) is 0 Å². The van der Waals surface area contributed by atoms with Crippen molar-refractivity contribution >= 4 is 45.1 Å². The monoisotopic (exact) mass is 449 g/mol. The third-order valence-electron chi connectivity index (χ3n) is 4.57. The summed E-state index contributed by atoms with van der Waals surface area (Å²) in [6.45, 7) is -0.339. The number of hydrogen-bond acceptors (Lipinski definition) is 7. The molecular formula is C24H19NO4S2. The van der Waals surface area contributed by atoms with Crippen molar-refractivity contribution in [2.75, 3.05) is 13.7 Å². The minimum absolute atomic E-state index is 0.311. The maximum absolute atomic E-state index is 12.3. The Morgan fingerprint density at radius 1 is 0.968 bits per heavy atom. The van der Waals surface area contributed by atoms with Crippen LogP contribution in [0.15, 0.2) is 77.1 Å². The number of thiazole rings is 1. The van der Waals surface area contributed by atoms with Gasteiger partial charge in [-0.25, -0.2) is 9.78 Å². The van der Waals surface area contributed by atoms with Gasteiger partial charge in [0, 0.05) is 5.75 Å². The van der Waals surface area contributed by atoms with Crippen LogP contribution in [-0.4, -0.2) is 30.5 Å². The molecule has 3 aromatic carbocycles. The van der Waals surface area contributed by atoms with E-state index in [-0.39, 0.29) is 12.4 Å². The lowest BCUT2D eigenvalue weighted by atomic mass is 10.1. The average molecular weight is 450 g/mol. The molecule has 1 aromatic heterocycles. The van der Waals surface area contributed by atoms with Crippen LogP contribution in [0.5, 0.6) is 5.75 Å². The Kier molecular flexibility index (Phi) is 6.64. The van der Waals surface area contributed by atoms with E-state index in [1.165, 1.54) is 11.8 Å². The smallest absolute Gasteiger partial charge is 0.338 e. The number of thioether (sulfide) groups is 1. The van der Waals surface area contributed by atoms with Gasteiger partial charge in [-0.05, 0) is 42.0 Å². The second-order valence-electron chi connectivity index (χ2n) is 6.63. The fraction of sp³-hybridized carbons (Fsp3) is 0.125. The van der Waals surface area contributed by atoms with Crippen LogP contribution >= 0.6 is 23.1 Å². The molecule has 0 fully saturated rings. The van der Waals surface area contributed by atoms with Crippen LogP contribution in [0.3, 0.4) is 0 Å². The number of para-hydroxylation sites is 2. The SMILES string of the molecule is COc1ccccc1C(=O)COC(=O)c1ccc(CSc2nc3ccccc3s2)cc1. The molecule has 0 aliphatic heterocycles. The van der Waals surface area contributed by atoms with Gasteiger partial charge in [-0.3, -0.25) is 4.79 Å². The second kappa shape index (κ2) is 9.76. The summed E-state index contributed by atoms with van der Waals surface area (Å²) in [6, 6.07) is 22.1. The van der Waals surface area contributed by atoms with E-state index in [9.17, 15) is 9.59 Å². The van der Waals surface area contributed by atoms with Gasteiger partial charge in [0.15, 0.2) is 10.9 Å². The van der Waals surface area contributed by atoms with Gasteiger partial charge in [-0.1, -0.05) is 48.2 Å². The lowest BCUT2D eigenvalue weighted by Crippen LogP contribution is -2.15. The Balaban J connectivity index is 1.32. The standard InChI is InChI=1S/C24H19NO4S2/c1-28-21-8-4-2-6-18(21)20(26)14-29-23(27)17-12-10-16(11-13-17)15-30-24-25-19-7-3-5-9-22(19)31-24/h2-13H,14-15H2,1H3. The number of ether oxygens (including phenoxy) is 2. The number of carbonyl (C=O) groups is 2. The van der Waals surface area contributed by atoms with Gasteiger partial charge in [0.05, 0.1) is 28.5 Å². The number of carbonyl (C=O) groups excluding carboxylic acids is 2. The van der Waals surface area contributed by atoms with E-state index in [0.717, 1.165) is 21.2 Å². The predicted octanol–water partition coefficient (Wildman–Crippen LogP) is 5.64. The van der Waals surface area contributed by atoms with E-state index in [0.29, 0.717) is 16.9 Å². The molecule has 0 spiro atoms. The molecule has 1 heterocycles. The number of esters is 1. The molecule has 0 saturated carbocycles. The first kappa shape index (κ1) is 21.1. The topological polar surface area (TPSA) is 65.5 Å². The summed E-state index contributed by atoms with van der Waals surface area (Å²) in [7, 11) is 1.49. The van der Waals surface area contributed by atoms with Crippen molar-refractivity contribution in [3.05, 3.63) is 89.5 Å². The summed E-state index contributed by atoms with van der Waals surface area (Å²) in [5.41, 5.74) is 2.88. The zero-order chi connectivity index (χ0) is 21.6. The maximum Gasteiger partial charge on any atom is 0.338 e. The average Bonchev–Trinajstić information content (AvgIpc) is 3.24. The van der Waals surface area contributed by atoms with E-state index >= 15 is 0 Å². The molecule has 0 aliphatic rings. The minimum atomic E-state index is -0.534. The molecule has 5 nitrogen and oxygen atoms in total. The normalized spacial score (nSPS) is 10.7. The lowest BCUT2D eigenvalue weighted by molar-refractivity contribution is 0.0474. The Morgan fingerprint density at radius 2 is 1.71 bits per heavy atom. The van der Waals surface area contributed by atoms with E-state index in [2.05, 4.69) is 11.1 Å². The molecule has 156 valence electrons. The molecular weight excluding hydrogens is 430 g/mol. The summed E-state index contributed by atoms with van der Waals surface area (Å²) >= 11 is 3.33. The highest BCUT2D eigenvalue weighted by Crippen LogP contribution is 2.31. The molecule has 4 aromatic rings. The summed E-state index contributed by atoms with van der Waals surface area (Å²) in [5, 5.41) is 0. The van der Waals surface area contributed by atoms with E-state index in [1.807, 2.05) is 30.3 Å². The fourth-order valence-corrected chi connectivity index (χ4v) is 4.99. The van der Waals surface area contributed by atoms with Crippen molar-refractivity contribution in [2.45, 2.75) is 10.1 Å². The first-order valence-corrected chi connectivity index (χ1v) is 11.3. The number of fused-ring (bicyclic) bond motifs is 1. The van der Waals surface area contributed by atoms with Gasteiger partial charge in [-0.2, -0.15) is 0 Å². The zero-order valence-corrected chi connectivity index (χ0v) is 18.4. The predicted molar refractivity (Wildman–Crippen MR) is 123 cm³/mol. The summed E-state index contributed by atoms with van der Waals surface area (Å²) in [5.74, 6) is 0.364. The van der Waals surface area contributed by atoms with Gasteiger partial charge in [0.1, 0.15) is 5.75 Å². The van der Waals surface area contributed by atoms with Crippen molar-refractivity contribution in [3.8, 4) is 5.75 Å². The Morgan fingerprint density at radius 3 is 2.48 bits per heavy atom. The number of benzene rings is 3. The van der Waals surface area contributed by atoms with E-state index in [1.54, 1.807) is 59.5 Å². The summed E-state index contributed by atoms with van der Waals surface area (Å²) in [6.07, 6.45) is 0. The third-order valence-corrected chi connectivity index (χ3v) is 6.82. The number of methoxy groups -OCH3 is 1. The van der Waals surface area contributed by atoms with E-state index in [4.69, 9.17) is 9.47 Å². The number of hydrogen-bond donors (Lipinski definition) is 0. The van der Waals surface area contributed by atoms with Crippen molar-refractivity contribution < 1.29 is 19.1 Å². The molecule has 0 radical (unpaired) electrons. The van der Waals surface area contributed by atoms with Crippen LogP contribution in [0.4, 0.5) is 0 Å².